The van der Waals surface area contributed by atoms with Crippen molar-refractivity contribution in [3.05, 3.63) is 0 Å². The smallest absolute Gasteiger partial charge is 0.779 e. The summed E-state index contributed by atoms with van der Waals surface area (Å²) in [5, 5.41) is 0. The molecule has 0 fully saturated rings. The second-order valence-corrected chi connectivity index (χ2v) is 6.66. The van der Waals surface area contributed by atoms with Crippen molar-refractivity contribution in [2.24, 2.45) is 0 Å². The molecule has 0 aliphatic carbocycles. The Labute approximate surface area is 120 Å². The van der Waals surface area contributed by atoms with Gasteiger partial charge in [0.2, 0.25) is 0 Å². The fourth-order valence-electron chi connectivity index (χ4n) is 0.258. The molecule has 0 radical (unpaired) electrons. The van der Waals surface area contributed by atoms with Crippen LogP contribution in [-0.2, 0) is 18.2 Å². The first-order valence-corrected chi connectivity index (χ1v) is 7.41. The van der Waals surface area contributed by atoms with Gasteiger partial charge in [0.15, 0.2) is 0 Å². The summed E-state index contributed by atoms with van der Waals surface area (Å²) >= 11 is 0. The maximum atomic E-state index is 10.2. The van der Waals surface area contributed by atoms with Gasteiger partial charge < -0.3 is 28.0 Å². The average Bonchev–Trinajstić information content (AvgIpc) is 2.19. The van der Waals surface area contributed by atoms with Crippen LogP contribution in [0.3, 0.4) is 0 Å². The number of hydrogen-bond acceptors (Lipinski definition) is 6. The van der Waals surface area contributed by atoms with Gasteiger partial charge in [-0.15, -0.1) is 0 Å². The second kappa shape index (κ2) is 10.7. The van der Waals surface area contributed by atoms with Gasteiger partial charge in [0, 0.05) is 26.5 Å². The van der Waals surface area contributed by atoms with Crippen molar-refractivity contribution in [1.82, 2.24) is 0 Å². The molecule has 0 aromatic carbocycles. The fraction of sp³-hybridized carbons (Fsp3) is 1.00. The predicted molar refractivity (Wildman–Crippen MR) is 56.1 cm³/mol. The Morgan fingerprint density at radius 2 is 1.13 bits per heavy atom. The topological polar surface area (TPSA) is 98.7 Å². The molecule has 0 saturated carbocycles. The van der Waals surface area contributed by atoms with Crippen molar-refractivity contribution >= 4 is 52.9 Å². The van der Waals surface area contributed by atoms with Gasteiger partial charge in [0.05, 0.1) is 0 Å². The van der Waals surface area contributed by atoms with Crippen LogP contribution in [0.15, 0.2) is 0 Å². The predicted octanol–water partition coefficient (Wildman–Crippen LogP) is 0.0314. The van der Waals surface area contributed by atoms with Crippen LogP contribution in [0, 0.1) is 0 Å². The minimum atomic E-state index is -3.40. The van der Waals surface area contributed by atoms with Gasteiger partial charge >= 0.3 is 37.7 Å². The summed E-state index contributed by atoms with van der Waals surface area (Å²) in [7, 11) is -4.48. The molecule has 0 spiro atoms. The molecule has 0 aliphatic heterocycles. The van der Waals surface area contributed by atoms with Gasteiger partial charge in [-0.2, -0.15) is 0 Å². The van der Waals surface area contributed by atoms with Gasteiger partial charge in [-0.25, -0.2) is 0 Å². The number of rotatable bonds is 4. The average molecular weight is 286 g/mol. The number of hydrogen-bond donors (Lipinski definition) is 0. The Morgan fingerprint density at radius 1 is 0.933 bits per heavy atom. The fourth-order valence-corrected chi connectivity index (χ4v) is 0.775. The van der Waals surface area contributed by atoms with Crippen molar-refractivity contribution < 1.29 is 28.0 Å². The van der Waals surface area contributed by atoms with E-state index in [1.165, 1.54) is 13.8 Å². The Hall–Kier alpha value is 1.56. The molecule has 0 saturated heterocycles. The molecular weight excluding hydrogens is 270 g/mol. The molecule has 0 rings (SSSR count). The van der Waals surface area contributed by atoms with Crippen molar-refractivity contribution in [2.45, 2.75) is 13.8 Å². The van der Waals surface area contributed by atoms with Crippen LogP contribution in [0.2, 0.25) is 0 Å². The van der Waals surface area contributed by atoms with E-state index in [-0.39, 0.29) is 50.1 Å². The van der Waals surface area contributed by atoms with Gasteiger partial charge in [-0.1, -0.05) is 13.8 Å². The summed E-state index contributed by atoms with van der Waals surface area (Å²) in [4.78, 5) is 20.3. The molecule has 0 N–H and O–H groups in total. The summed E-state index contributed by atoms with van der Waals surface area (Å²) in [6, 6.07) is 0. The largest absolute Gasteiger partial charge is 2.00 e. The van der Waals surface area contributed by atoms with E-state index in [4.69, 9.17) is 0 Å². The zero-order valence-corrected chi connectivity index (χ0v) is 13.5. The molecule has 6 nitrogen and oxygen atoms in total. The molecule has 0 aliphatic rings. The van der Waals surface area contributed by atoms with E-state index in [0.29, 0.717) is 0 Å². The standard InChI is InChI=1S/2C3H9O3P.Ca/c2*1-3-7(4,5)6-2;/h2*3H2,1-2H3,(H,4,5);/q;;+2/p-2. The van der Waals surface area contributed by atoms with Crippen molar-refractivity contribution in [3.63, 3.8) is 0 Å². The first kappa shape index (κ1) is 21.8. The van der Waals surface area contributed by atoms with E-state index in [9.17, 15) is 18.9 Å². The molecule has 2 atom stereocenters. The molecular formula is C6H16CaO6P2. The van der Waals surface area contributed by atoms with Crippen LogP contribution >= 0.6 is 15.2 Å². The van der Waals surface area contributed by atoms with Crippen LogP contribution in [-0.4, -0.2) is 64.3 Å². The zero-order valence-electron chi connectivity index (χ0n) is 9.47. The molecule has 0 bridgehead atoms. The maximum absolute atomic E-state index is 10.2. The minimum Gasteiger partial charge on any atom is -0.779 e. The monoisotopic (exact) mass is 286 g/mol. The molecule has 9 heteroatoms. The van der Waals surface area contributed by atoms with Crippen molar-refractivity contribution in [3.8, 4) is 0 Å². The van der Waals surface area contributed by atoms with Crippen LogP contribution in [0.5, 0.6) is 0 Å². The van der Waals surface area contributed by atoms with E-state index in [1.807, 2.05) is 0 Å². The third-order valence-electron chi connectivity index (χ3n) is 1.33. The van der Waals surface area contributed by atoms with Crippen LogP contribution in [0.4, 0.5) is 0 Å². The normalized spacial score (nSPS) is 17.5. The Balaban J connectivity index is -0.000000180. The quantitative estimate of drug-likeness (QED) is 0.534. The Bertz CT molecular complexity index is 194. The van der Waals surface area contributed by atoms with E-state index < -0.39 is 15.2 Å². The Morgan fingerprint density at radius 3 is 1.13 bits per heavy atom. The van der Waals surface area contributed by atoms with E-state index in [0.717, 1.165) is 14.2 Å². The van der Waals surface area contributed by atoms with Crippen LogP contribution in [0.25, 0.3) is 0 Å². The summed E-state index contributed by atoms with van der Waals surface area (Å²) in [5.41, 5.74) is 0. The summed E-state index contributed by atoms with van der Waals surface area (Å²) in [6.07, 6.45) is 0.146. The molecule has 15 heavy (non-hydrogen) atoms. The van der Waals surface area contributed by atoms with Crippen molar-refractivity contribution in [2.75, 3.05) is 26.5 Å². The van der Waals surface area contributed by atoms with E-state index in [1.54, 1.807) is 0 Å². The third kappa shape index (κ3) is 15.6. The molecule has 0 aromatic heterocycles. The van der Waals surface area contributed by atoms with E-state index in [2.05, 4.69) is 9.05 Å². The maximum Gasteiger partial charge on any atom is 2.00 e. The van der Waals surface area contributed by atoms with Crippen LogP contribution in [0.1, 0.15) is 13.8 Å². The van der Waals surface area contributed by atoms with Gasteiger partial charge in [0.25, 0.3) is 0 Å². The Kier molecular flexibility index (Phi) is 15.6. The summed E-state index contributed by atoms with van der Waals surface area (Å²) in [6.45, 7) is 3.08. The van der Waals surface area contributed by atoms with Gasteiger partial charge in [-0.3, -0.25) is 0 Å². The molecule has 0 amide bonds. The van der Waals surface area contributed by atoms with E-state index >= 15 is 0 Å². The minimum absolute atomic E-state index is 0. The first-order chi connectivity index (χ1) is 6.24. The van der Waals surface area contributed by atoms with Crippen molar-refractivity contribution in [1.29, 1.82) is 0 Å². The molecule has 0 heterocycles. The van der Waals surface area contributed by atoms with Gasteiger partial charge in [-0.05, 0) is 0 Å². The zero-order chi connectivity index (χ0) is 11.8. The van der Waals surface area contributed by atoms with Crippen LogP contribution < -0.4 is 9.79 Å². The summed E-state index contributed by atoms with van der Waals surface area (Å²) < 4.78 is 28.5. The second-order valence-electron chi connectivity index (χ2n) is 2.22. The summed E-state index contributed by atoms with van der Waals surface area (Å²) in [5.74, 6) is 0. The third-order valence-corrected chi connectivity index (χ3v) is 3.99. The first-order valence-electron chi connectivity index (χ1n) is 3.96. The molecule has 2 unspecified atom stereocenters. The molecule has 88 valence electrons. The SMILES string of the molecule is CCP(=O)([O-])OC.CCP(=O)([O-])OC.[Ca+2]. The molecule has 0 aromatic rings. The van der Waals surface area contributed by atoms with Gasteiger partial charge in [0.1, 0.15) is 15.2 Å².